The molecule has 1 heterocycles. The number of aryl methyl sites for hydroxylation is 1. The molecule has 0 saturated carbocycles. The van der Waals surface area contributed by atoms with Gasteiger partial charge in [0.15, 0.2) is 11.5 Å². The summed E-state index contributed by atoms with van der Waals surface area (Å²) >= 11 is 0. The van der Waals surface area contributed by atoms with Crippen LogP contribution in [0.1, 0.15) is 18.9 Å². The molecule has 0 amide bonds. The second-order valence-electron chi connectivity index (χ2n) is 5.17. The Morgan fingerprint density at radius 1 is 1.33 bits per heavy atom. The third kappa shape index (κ3) is 4.79. The molecular formula is C16H23N3O2. The summed E-state index contributed by atoms with van der Waals surface area (Å²) in [6.45, 7) is 3.53. The lowest BCUT2D eigenvalue weighted by Crippen LogP contribution is -2.17. The molecule has 0 fully saturated rings. The van der Waals surface area contributed by atoms with Gasteiger partial charge in [-0.25, -0.2) is 4.98 Å². The Morgan fingerprint density at radius 2 is 2.19 bits per heavy atom. The van der Waals surface area contributed by atoms with Crippen LogP contribution in [0.2, 0.25) is 0 Å². The van der Waals surface area contributed by atoms with Crippen LogP contribution in [0.4, 0.5) is 0 Å². The van der Waals surface area contributed by atoms with Gasteiger partial charge in [0.2, 0.25) is 0 Å². The minimum absolute atomic E-state index is 0.136. The van der Waals surface area contributed by atoms with E-state index >= 15 is 0 Å². The number of nitrogens with zero attached hydrogens (tertiary/aromatic N) is 2. The Morgan fingerprint density at radius 3 is 2.86 bits per heavy atom. The van der Waals surface area contributed by atoms with Crippen LogP contribution >= 0.6 is 0 Å². The van der Waals surface area contributed by atoms with Gasteiger partial charge in [0.25, 0.3) is 0 Å². The monoisotopic (exact) mass is 289 g/mol. The summed E-state index contributed by atoms with van der Waals surface area (Å²) in [5, 5.41) is 0. The van der Waals surface area contributed by atoms with Crippen LogP contribution in [0, 0.1) is 0 Å². The standard InChI is InChI=1S/C16H23N3O2/c1-13(17)10-14-4-5-15(16(11-14)20-2)21-9-3-7-19-8-6-18-12-19/h4-6,8,11-13H,3,7,9-10,17H2,1-2H3. The van der Waals surface area contributed by atoms with Gasteiger partial charge in [-0.3, -0.25) is 0 Å². The second-order valence-corrected chi connectivity index (χ2v) is 5.17. The molecule has 0 aliphatic heterocycles. The van der Waals surface area contributed by atoms with E-state index in [1.165, 1.54) is 0 Å². The van der Waals surface area contributed by atoms with Crippen molar-refractivity contribution in [3.63, 3.8) is 0 Å². The number of aromatic nitrogens is 2. The first-order valence-corrected chi connectivity index (χ1v) is 7.20. The van der Waals surface area contributed by atoms with Crippen molar-refractivity contribution in [1.82, 2.24) is 9.55 Å². The third-order valence-electron chi connectivity index (χ3n) is 3.16. The Bertz CT molecular complexity index is 538. The molecular weight excluding hydrogens is 266 g/mol. The van der Waals surface area contributed by atoms with Crippen molar-refractivity contribution in [2.75, 3.05) is 13.7 Å². The number of hydrogen-bond acceptors (Lipinski definition) is 4. The number of benzene rings is 1. The van der Waals surface area contributed by atoms with E-state index in [9.17, 15) is 0 Å². The largest absolute Gasteiger partial charge is 0.493 e. The lowest BCUT2D eigenvalue weighted by Gasteiger charge is -2.13. The number of ether oxygens (including phenoxy) is 2. The van der Waals surface area contributed by atoms with Gasteiger partial charge < -0.3 is 19.8 Å². The van der Waals surface area contributed by atoms with Crippen molar-refractivity contribution in [2.24, 2.45) is 5.73 Å². The first-order valence-electron chi connectivity index (χ1n) is 7.20. The van der Waals surface area contributed by atoms with E-state index in [1.54, 1.807) is 13.3 Å². The number of nitrogens with two attached hydrogens (primary N) is 1. The zero-order chi connectivity index (χ0) is 15.1. The molecule has 0 aliphatic carbocycles. The number of hydrogen-bond donors (Lipinski definition) is 1. The zero-order valence-electron chi connectivity index (χ0n) is 12.7. The van der Waals surface area contributed by atoms with Crippen molar-refractivity contribution in [3.8, 4) is 11.5 Å². The highest BCUT2D eigenvalue weighted by Crippen LogP contribution is 2.28. The smallest absolute Gasteiger partial charge is 0.161 e. The van der Waals surface area contributed by atoms with Crippen molar-refractivity contribution < 1.29 is 9.47 Å². The van der Waals surface area contributed by atoms with Crippen molar-refractivity contribution in [1.29, 1.82) is 0 Å². The van der Waals surface area contributed by atoms with Crippen LogP contribution in [0.15, 0.2) is 36.9 Å². The molecule has 2 N–H and O–H groups in total. The summed E-state index contributed by atoms with van der Waals surface area (Å²) in [7, 11) is 1.66. The molecule has 1 aromatic carbocycles. The van der Waals surface area contributed by atoms with E-state index in [4.69, 9.17) is 15.2 Å². The molecule has 5 nitrogen and oxygen atoms in total. The fourth-order valence-corrected chi connectivity index (χ4v) is 2.18. The fourth-order valence-electron chi connectivity index (χ4n) is 2.18. The van der Waals surface area contributed by atoms with Gasteiger partial charge in [0.05, 0.1) is 20.0 Å². The molecule has 5 heteroatoms. The quantitative estimate of drug-likeness (QED) is 0.757. The van der Waals surface area contributed by atoms with E-state index in [2.05, 4.69) is 4.98 Å². The summed E-state index contributed by atoms with van der Waals surface area (Å²) in [6.07, 6.45) is 7.28. The molecule has 114 valence electrons. The summed E-state index contributed by atoms with van der Waals surface area (Å²) in [5.74, 6) is 1.53. The summed E-state index contributed by atoms with van der Waals surface area (Å²) in [6, 6.07) is 6.12. The average molecular weight is 289 g/mol. The molecule has 0 saturated heterocycles. The fraction of sp³-hybridized carbons (Fsp3) is 0.438. The normalized spacial score (nSPS) is 12.1. The highest BCUT2D eigenvalue weighted by Gasteiger charge is 2.07. The van der Waals surface area contributed by atoms with Crippen LogP contribution in [0.3, 0.4) is 0 Å². The Kier molecular flexibility index (Phi) is 5.63. The predicted octanol–water partition coefficient (Wildman–Crippen LogP) is 2.25. The van der Waals surface area contributed by atoms with Gasteiger partial charge in [0.1, 0.15) is 0 Å². The minimum atomic E-state index is 0.136. The zero-order valence-corrected chi connectivity index (χ0v) is 12.7. The highest BCUT2D eigenvalue weighted by atomic mass is 16.5. The molecule has 1 unspecified atom stereocenters. The minimum Gasteiger partial charge on any atom is -0.493 e. The third-order valence-corrected chi connectivity index (χ3v) is 3.16. The molecule has 0 spiro atoms. The van der Waals surface area contributed by atoms with Gasteiger partial charge in [-0.15, -0.1) is 0 Å². The van der Waals surface area contributed by atoms with Crippen LogP contribution in [-0.4, -0.2) is 29.3 Å². The second kappa shape index (κ2) is 7.69. The molecule has 2 rings (SSSR count). The maximum atomic E-state index is 5.82. The number of imidazole rings is 1. The predicted molar refractivity (Wildman–Crippen MR) is 82.7 cm³/mol. The van der Waals surface area contributed by atoms with Gasteiger partial charge in [0, 0.05) is 25.0 Å². The van der Waals surface area contributed by atoms with Crippen LogP contribution in [0.25, 0.3) is 0 Å². The van der Waals surface area contributed by atoms with Gasteiger partial charge >= 0.3 is 0 Å². The molecule has 1 atom stereocenters. The van der Waals surface area contributed by atoms with Crippen LogP contribution in [0.5, 0.6) is 11.5 Å². The van der Waals surface area contributed by atoms with Crippen molar-refractivity contribution in [3.05, 3.63) is 42.5 Å². The van der Waals surface area contributed by atoms with Crippen molar-refractivity contribution >= 4 is 0 Å². The van der Waals surface area contributed by atoms with E-state index in [0.29, 0.717) is 6.61 Å². The average Bonchev–Trinajstić information content (AvgIpc) is 2.97. The summed E-state index contributed by atoms with van der Waals surface area (Å²) < 4.78 is 13.2. The van der Waals surface area contributed by atoms with E-state index in [1.807, 2.05) is 42.2 Å². The van der Waals surface area contributed by atoms with E-state index in [-0.39, 0.29) is 6.04 Å². The SMILES string of the molecule is COc1cc(CC(C)N)ccc1OCCCn1ccnc1. The Balaban J connectivity index is 1.87. The first kappa shape index (κ1) is 15.4. The van der Waals surface area contributed by atoms with Gasteiger partial charge in [-0.2, -0.15) is 0 Å². The topological polar surface area (TPSA) is 62.3 Å². The van der Waals surface area contributed by atoms with Crippen LogP contribution < -0.4 is 15.2 Å². The maximum absolute atomic E-state index is 5.82. The number of methoxy groups -OCH3 is 1. The summed E-state index contributed by atoms with van der Waals surface area (Å²) in [4.78, 5) is 4.01. The Labute approximate surface area is 125 Å². The van der Waals surface area contributed by atoms with E-state index < -0.39 is 0 Å². The Hall–Kier alpha value is -2.01. The molecule has 0 aliphatic rings. The number of rotatable bonds is 8. The maximum Gasteiger partial charge on any atom is 0.161 e. The molecule has 1 aromatic heterocycles. The summed E-state index contributed by atoms with van der Waals surface area (Å²) in [5.41, 5.74) is 6.98. The highest BCUT2D eigenvalue weighted by molar-refractivity contribution is 5.43. The van der Waals surface area contributed by atoms with Crippen molar-refractivity contribution in [2.45, 2.75) is 32.4 Å². The molecule has 0 radical (unpaired) electrons. The van der Waals surface area contributed by atoms with Crippen LogP contribution in [-0.2, 0) is 13.0 Å². The lowest BCUT2D eigenvalue weighted by atomic mass is 10.1. The molecule has 2 aromatic rings. The lowest BCUT2D eigenvalue weighted by molar-refractivity contribution is 0.282. The molecule has 0 bridgehead atoms. The van der Waals surface area contributed by atoms with Gasteiger partial charge in [-0.05, 0) is 37.5 Å². The van der Waals surface area contributed by atoms with E-state index in [0.717, 1.165) is 36.4 Å². The first-order chi connectivity index (χ1) is 10.2. The van der Waals surface area contributed by atoms with Gasteiger partial charge in [-0.1, -0.05) is 6.07 Å². The molecule has 21 heavy (non-hydrogen) atoms.